The van der Waals surface area contributed by atoms with E-state index in [1.165, 1.54) is 24.7 Å². The number of nitrogens with zero attached hydrogens (tertiary/aromatic N) is 1. The molecule has 2 fully saturated rings. The lowest BCUT2D eigenvalue weighted by Crippen LogP contribution is -2.58. The van der Waals surface area contributed by atoms with Crippen molar-refractivity contribution in [3.63, 3.8) is 0 Å². The maximum Gasteiger partial charge on any atom is 0.248 e. The molecule has 5 nitrogen and oxygen atoms in total. The van der Waals surface area contributed by atoms with Crippen molar-refractivity contribution in [3.8, 4) is 0 Å². The third kappa shape index (κ3) is 2.77. The van der Waals surface area contributed by atoms with Crippen molar-refractivity contribution in [1.29, 1.82) is 0 Å². The van der Waals surface area contributed by atoms with Crippen LogP contribution in [0.2, 0.25) is 0 Å². The molecular weight excluding hydrogens is 372 g/mol. The number of benzene rings is 1. The standard InChI is InChI=1S/C19H26N2O3S.ClH/c1-25(23,24)19(10-12-20-13-11-19)17(22)21-14-18(8-4-5-9-18)15-6-2-3-7-16(15)21;/h2-3,6-7,20H,4-5,8-14H2,1H3;1H. The van der Waals surface area contributed by atoms with Crippen LogP contribution in [-0.2, 0) is 20.0 Å². The van der Waals surface area contributed by atoms with Crippen LogP contribution in [0.3, 0.4) is 0 Å². The van der Waals surface area contributed by atoms with Crippen LogP contribution < -0.4 is 10.2 Å². The molecule has 1 saturated carbocycles. The van der Waals surface area contributed by atoms with Gasteiger partial charge in [0.15, 0.2) is 14.6 Å². The van der Waals surface area contributed by atoms with Gasteiger partial charge in [-0.3, -0.25) is 4.79 Å². The Morgan fingerprint density at radius 2 is 1.69 bits per heavy atom. The zero-order valence-electron chi connectivity index (χ0n) is 15.2. The van der Waals surface area contributed by atoms with Crippen LogP contribution >= 0.6 is 12.4 Å². The van der Waals surface area contributed by atoms with Gasteiger partial charge in [0.25, 0.3) is 0 Å². The van der Waals surface area contributed by atoms with E-state index in [-0.39, 0.29) is 23.7 Å². The largest absolute Gasteiger partial charge is 0.317 e. The van der Waals surface area contributed by atoms with Gasteiger partial charge >= 0.3 is 0 Å². The maximum absolute atomic E-state index is 13.6. The van der Waals surface area contributed by atoms with Crippen LogP contribution in [-0.4, -0.2) is 45.0 Å². The second-order valence-corrected chi connectivity index (χ2v) is 10.2. The number of carbonyl (C=O) groups is 1. The fraction of sp³-hybridized carbons (Fsp3) is 0.632. The smallest absolute Gasteiger partial charge is 0.248 e. The number of carbonyl (C=O) groups excluding carboxylic acids is 1. The number of hydrogen-bond donors (Lipinski definition) is 1. The Hall–Kier alpha value is -1.11. The van der Waals surface area contributed by atoms with Gasteiger partial charge in [-0.15, -0.1) is 12.4 Å². The molecule has 0 unspecified atom stereocenters. The summed E-state index contributed by atoms with van der Waals surface area (Å²) in [7, 11) is -3.49. The molecule has 1 spiro atoms. The highest BCUT2D eigenvalue weighted by atomic mass is 35.5. The topological polar surface area (TPSA) is 66.5 Å². The Balaban J connectivity index is 0.00000196. The highest BCUT2D eigenvalue weighted by Gasteiger charge is 2.55. The van der Waals surface area contributed by atoms with Crippen LogP contribution in [0.4, 0.5) is 5.69 Å². The molecule has 26 heavy (non-hydrogen) atoms. The SMILES string of the molecule is CS(=O)(=O)C1(C(=O)N2CC3(CCCC3)c3ccccc32)CCNCC1.Cl. The first kappa shape index (κ1) is 19.6. The Labute approximate surface area is 161 Å². The highest BCUT2D eigenvalue weighted by Crippen LogP contribution is 2.51. The van der Waals surface area contributed by atoms with Gasteiger partial charge in [0, 0.05) is 23.9 Å². The number of sulfone groups is 1. The van der Waals surface area contributed by atoms with Crippen LogP contribution in [0, 0.1) is 0 Å². The molecule has 0 atom stereocenters. The summed E-state index contributed by atoms with van der Waals surface area (Å²) in [6.07, 6.45) is 6.47. The number of nitrogens with one attached hydrogen (secondary N) is 1. The summed E-state index contributed by atoms with van der Waals surface area (Å²) in [6.45, 7) is 1.77. The molecule has 4 rings (SSSR count). The normalized spacial score (nSPS) is 23.5. The van der Waals surface area contributed by atoms with Gasteiger partial charge < -0.3 is 10.2 Å². The number of rotatable bonds is 2. The number of para-hydroxylation sites is 1. The average molecular weight is 399 g/mol. The molecule has 2 heterocycles. The zero-order valence-corrected chi connectivity index (χ0v) is 16.8. The molecule has 1 N–H and O–H groups in total. The molecule has 7 heteroatoms. The average Bonchev–Trinajstić information content (AvgIpc) is 3.21. The van der Waals surface area contributed by atoms with Crippen molar-refractivity contribution in [2.45, 2.75) is 48.7 Å². The van der Waals surface area contributed by atoms with E-state index in [2.05, 4.69) is 11.4 Å². The molecule has 0 bridgehead atoms. The second-order valence-electron chi connectivity index (χ2n) is 7.91. The molecule has 1 aromatic carbocycles. The minimum Gasteiger partial charge on any atom is -0.317 e. The molecule has 0 aromatic heterocycles. The predicted octanol–water partition coefficient (Wildman–Crippen LogP) is 2.43. The van der Waals surface area contributed by atoms with Crippen molar-refractivity contribution in [2.75, 3.05) is 30.8 Å². The third-order valence-corrected chi connectivity index (χ3v) is 8.55. The summed E-state index contributed by atoms with van der Waals surface area (Å²) in [6, 6.07) is 8.09. The summed E-state index contributed by atoms with van der Waals surface area (Å²) >= 11 is 0. The molecule has 1 amide bonds. The highest BCUT2D eigenvalue weighted by molar-refractivity contribution is 7.92. The summed E-state index contributed by atoms with van der Waals surface area (Å²) < 4.78 is 24.0. The molecule has 1 saturated heterocycles. The van der Waals surface area contributed by atoms with Crippen molar-refractivity contribution in [2.24, 2.45) is 0 Å². The van der Waals surface area contributed by atoms with E-state index >= 15 is 0 Å². The molecular formula is C19H27ClN2O3S. The Morgan fingerprint density at radius 3 is 2.31 bits per heavy atom. The van der Waals surface area contributed by atoms with Gasteiger partial charge in [-0.2, -0.15) is 0 Å². The minimum atomic E-state index is -3.49. The number of piperidine rings is 1. The van der Waals surface area contributed by atoms with Gasteiger partial charge in [-0.05, 0) is 50.4 Å². The minimum absolute atomic E-state index is 0. The van der Waals surface area contributed by atoms with E-state index in [9.17, 15) is 13.2 Å². The molecule has 1 aliphatic carbocycles. The van der Waals surface area contributed by atoms with Gasteiger partial charge in [0.1, 0.15) is 0 Å². The summed E-state index contributed by atoms with van der Waals surface area (Å²) in [5, 5.41) is 3.19. The second kappa shape index (κ2) is 6.80. The van der Waals surface area contributed by atoms with E-state index in [0.717, 1.165) is 18.5 Å². The lowest BCUT2D eigenvalue weighted by Gasteiger charge is -2.38. The number of hydrogen-bond acceptors (Lipinski definition) is 4. The molecule has 3 aliphatic rings. The quantitative estimate of drug-likeness (QED) is 0.830. The molecule has 0 radical (unpaired) electrons. The number of fused-ring (bicyclic) bond motifs is 2. The van der Waals surface area contributed by atoms with Crippen LogP contribution in [0.1, 0.15) is 44.1 Å². The Morgan fingerprint density at radius 1 is 1.08 bits per heavy atom. The van der Waals surface area contributed by atoms with Gasteiger partial charge in [-0.1, -0.05) is 31.0 Å². The van der Waals surface area contributed by atoms with Crippen molar-refractivity contribution in [3.05, 3.63) is 29.8 Å². The zero-order chi connectivity index (χ0) is 17.7. The van der Waals surface area contributed by atoms with E-state index < -0.39 is 14.6 Å². The molecule has 1 aromatic rings. The lowest BCUT2D eigenvalue weighted by atomic mass is 9.81. The summed E-state index contributed by atoms with van der Waals surface area (Å²) in [5.74, 6) is -0.215. The summed E-state index contributed by atoms with van der Waals surface area (Å²) in [4.78, 5) is 15.4. The molecule has 144 valence electrons. The Kier molecular flexibility index (Phi) is 5.14. The number of halogens is 1. The van der Waals surface area contributed by atoms with Gasteiger partial charge in [0.2, 0.25) is 5.91 Å². The third-order valence-electron chi connectivity index (χ3n) is 6.54. The van der Waals surface area contributed by atoms with E-state index in [1.54, 1.807) is 4.90 Å². The molecule has 2 aliphatic heterocycles. The number of anilines is 1. The number of amides is 1. The van der Waals surface area contributed by atoms with Gasteiger partial charge in [-0.25, -0.2) is 8.42 Å². The summed E-state index contributed by atoms with van der Waals surface area (Å²) in [5.41, 5.74) is 2.19. The van der Waals surface area contributed by atoms with E-state index in [1.807, 2.05) is 18.2 Å². The van der Waals surface area contributed by atoms with Gasteiger partial charge in [0.05, 0.1) is 0 Å². The Bertz CT molecular complexity index is 797. The van der Waals surface area contributed by atoms with Crippen molar-refractivity contribution >= 4 is 33.8 Å². The van der Waals surface area contributed by atoms with Crippen LogP contribution in [0.15, 0.2) is 24.3 Å². The van der Waals surface area contributed by atoms with Crippen LogP contribution in [0.5, 0.6) is 0 Å². The lowest BCUT2D eigenvalue weighted by molar-refractivity contribution is -0.121. The van der Waals surface area contributed by atoms with E-state index in [4.69, 9.17) is 0 Å². The van der Waals surface area contributed by atoms with E-state index in [0.29, 0.717) is 32.5 Å². The maximum atomic E-state index is 13.6. The first-order valence-electron chi connectivity index (χ1n) is 9.22. The van der Waals surface area contributed by atoms with Crippen molar-refractivity contribution in [1.82, 2.24) is 5.32 Å². The fourth-order valence-electron chi connectivity index (χ4n) is 5.11. The first-order valence-corrected chi connectivity index (χ1v) is 11.1. The van der Waals surface area contributed by atoms with Crippen molar-refractivity contribution < 1.29 is 13.2 Å². The fourth-order valence-corrected chi connectivity index (χ4v) is 6.48. The van der Waals surface area contributed by atoms with Crippen LogP contribution in [0.25, 0.3) is 0 Å². The monoisotopic (exact) mass is 398 g/mol. The predicted molar refractivity (Wildman–Crippen MR) is 106 cm³/mol. The first-order chi connectivity index (χ1) is 11.9.